The van der Waals surface area contributed by atoms with Crippen LogP contribution in [0.5, 0.6) is 17.2 Å². The number of hydrogen-bond donors (Lipinski definition) is 3. The van der Waals surface area contributed by atoms with Crippen LogP contribution in [0.2, 0.25) is 0 Å². The minimum absolute atomic E-state index is 0.000448. The molecule has 0 atom stereocenters. The summed E-state index contributed by atoms with van der Waals surface area (Å²) >= 11 is 1.35. The number of thiazole rings is 1. The van der Waals surface area contributed by atoms with Crippen LogP contribution in [0.15, 0.2) is 60.7 Å². The number of hydrogen-bond acceptors (Lipinski definition) is 6. The molecule has 3 N–H and O–H groups in total. The number of nitrogens with one attached hydrogen (secondary N) is 2. The van der Waals surface area contributed by atoms with Crippen molar-refractivity contribution in [2.75, 3.05) is 10.6 Å². The lowest BCUT2D eigenvalue weighted by Crippen LogP contribution is -2.15. The zero-order chi connectivity index (χ0) is 23.7. The number of nitrogens with zero attached hydrogens (tertiary/aromatic N) is 1. The van der Waals surface area contributed by atoms with E-state index < -0.39 is 11.7 Å². The average Bonchev–Trinajstić information content (AvgIpc) is 3.57. The fourth-order valence-corrected chi connectivity index (χ4v) is 4.32. The van der Waals surface area contributed by atoms with Crippen LogP contribution in [0.4, 0.5) is 15.2 Å². The van der Waals surface area contributed by atoms with Gasteiger partial charge in [-0.15, -0.1) is 0 Å². The Bertz CT molecular complexity index is 1400. The number of halogens is 1. The van der Waals surface area contributed by atoms with Crippen LogP contribution in [0.3, 0.4) is 0 Å². The first-order valence-electron chi connectivity index (χ1n) is 10.7. The van der Waals surface area contributed by atoms with E-state index >= 15 is 0 Å². The van der Waals surface area contributed by atoms with E-state index in [0.717, 1.165) is 23.1 Å². The van der Waals surface area contributed by atoms with Gasteiger partial charge in [0.25, 0.3) is 0 Å². The second kappa shape index (κ2) is 9.11. The van der Waals surface area contributed by atoms with Crippen molar-refractivity contribution in [3.05, 3.63) is 72.0 Å². The van der Waals surface area contributed by atoms with Crippen LogP contribution in [0.1, 0.15) is 18.4 Å². The lowest BCUT2D eigenvalue weighted by atomic mass is 10.1. The fraction of sp³-hybridized carbons (Fsp3) is 0.160. The number of rotatable bonds is 7. The highest BCUT2D eigenvalue weighted by atomic mass is 32.1. The van der Waals surface area contributed by atoms with Gasteiger partial charge in [0.15, 0.2) is 5.13 Å². The van der Waals surface area contributed by atoms with Crippen LogP contribution in [-0.4, -0.2) is 21.9 Å². The molecular formula is C25H20FN3O4S. The third-order valence-corrected chi connectivity index (χ3v) is 6.19. The number of phenols is 1. The van der Waals surface area contributed by atoms with E-state index in [1.165, 1.54) is 41.7 Å². The van der Waals surface area contributed by atoms with Crippen molar-refractivity contribution >= 4 is 44.2 Å². The molecule has 0 radical (unpaired) electrons. The molecule has 172 valence electrons. The molecule has 0 bridgehead atoms. The number of aromatic hydroxyl groups is 1. The molecule has 34 heavy (non-hydrogen) atoms. The summed E-state index contributed by atoms with van der Waals surface area (Å²) in [4.78, 5) is 28.7. The Labute approximate surface area is 198 Å². The third kappa shape index (κ3) is 5.15. The van der Waals surface area contributed by atoms with E-state index in [1.807, 2.05) is 0 Å². The Morgan fingerprint density at radius 3 is 2.65 bits per heavy atom. The van der Waals surface area contributed by atoms with Crippen LogP contribution in [0, 0.1) is 11.7 Å². The molecule has 2 amide bonds. The van der Waals surface area contributed by atoms with Gasteiger partial charge >= 0.3 is 0 Å². The van der Waals surface area contributed by atoms with Crippen molar-refractivity contribution in [3.63, 3.8) is 0 Å². The highest BCUT2D eigenvalue weighted by molar-refractivity contribution is 7.22. The van der Waals surface area contributed by atoms with Gasteiger partial charge in [-0.25, -0.2) is 9.37 Å². The zero-order valence-electron chi connectivity index (χ0n) is 17.9. The van der Waals surface area contributed by atoms with Crippen molar-refractivity contribution in [1.29, 1.82) is 0 Å². The number of anilines is 2. The van der Waals surface area contributed by atoms with Gasteiger partial charge in [0.2, 0.25) is 11.8 Å². The molecule has 3 aromatic carbocycles. The van der Waals surface area contributed by atoms with Gasteiger partial charge in [-0.2, -0.15) is 0 Å². The molecule has 4 aromatic rings. The Hall–Kier alpha value is -3.98. The van der Waals surface area contributed by atoms with Crippen molar-refractivity contribution < 1.29 is 23.8 Å². The summed E-state index contributed by atoms with van der Waals surface area (Å²) in [5.41, 5.74) is 1.34. The van der Waals surface area contributed by atoms with E-state index in [0.29, 0.717) is 22.2 Å². The molecule has 0 saturated heterocycles. The first-order chi connectivity index (χ1) is 16.4. The summed E-state index contributed by atoms with van der Waals surface area (Å²) in [6.45, 7) is 0. The van der Waals surface area contributed by atoms with Crippen molar-refractivity contribution in [2.24, 2.45) is 5.92 Å². The number of carbonyl (C=O) groups excluding carboxylic acids is 2. The fourth-order valence-electron chi connectivity index (χ4n) is 3.42. The number of aromatic nitrogens is 1. The summed E-state index contributed by atoms with van der Waals surface area (Å²) in [5, 5.41) is 15.5. The maximum Gasteiger partial charge on any atom is 0.229 e. The molecule has 7 nitrogen and oxygen atoms in total. The number of ether oxygens (including phenoxy) is 1. The predicted octanol–water partition coefficient (Wildman–Crippen LogP) is 5.46. The first-order valence-corrected chi connectivity index (χ1v) is 11.5. The lowest BCUT2D eigenvalue weighted by molar-refractivity contribution is -0.117. The number of fused-ring (bicyclic) bond motifs is 1. The molecule has 0 aliphatic heterocycles. The minimum Gasteiger partial charge on any atom is -0.508 e. The van der Waals surface area contributed by atoms with Gasteiger partial charge in [-0.3, -0.25) is 9.59 Å². The molecule has 1 aliphatic rings. The summed E-state index contributed by atoms with van der Waals surface area (Å²) in [5.74, 6) is 0.000659. The van der Waals surface area contributed by atoms with E-state index in [9.17, 15) is 19.1 Å². The normalized spacial score (nSPS) is 13.0. The van der Waals surface area contributed by atoms with Crippen LogP contribution in [-0.2, 0) is 16.0 Å². The highest BCUT2D eigenvalue weighted by Gasteiger charge is 2.30. The van der Waals surface area contributed by atoms with Crippen LogP contribution >= 0.6 is 11.3 Å². The lowest BCUT2D eigenvalue weighted by Gasteiger charge is -2.10. The zero-order valence-corrected chi connectivity index (χ0v) is 18.7. The van der Waals surface area contributed by atoms with E-state index in [-0.39, 0.29) is 29.7 Å². The van der Waals surface area contributed by atoms with Gasteiger partial charge in [0.1, 0.15) is 23.1 Å². The van der Waals surface area contributed by atoms with Gasteiger partial charge < -0.3 is 20.5 Å². The smallest absolute Gasteiger partial charge is 0.229 e. The van der Waals surface area contributed by atoms with Crippen molar-refractivity contribution in [3.8, 4) is 17.2 Å². The standard InChI is InChI=1S/C25H20FN3O4S/c26-19-8-6-17(12-21(19)27-23(31)11-14-2-1-3-16(30)10-14)33-18-7-9-20-22(13-18)34-25(28-20)29-24(32)15-4-5-15/h1-3,6-10,12-13,15,30H,4-5,11H2,(H,27,31)(H,28,29,32). The van der Waals surface area contributed by atoms with Crippen LogP contribution < -0.4 is 15.4 Å². The van der Waals surface area contributed by atoms with E-state index in [1.54, 1.807) is 30.3 Å². The number of carbonyl (C=O) groups is 2. The number of benzene rings is 3. The Morgan fingerprint density at radius 1 is 1.06 bits per heavy atom. The Kier molecular flexibility index (Phi) is 5.85. The molecule has 0 unspecified atom stereocenters. The van der Waals surface area contributed by atoms with Gasteiger partial charge in [0.05, 0.1) is 22.3 Å². The SMILES string of the molecule is O=C(Cc1cccc(O)c1)Nc1cc(Oc2ccc3nc(NC(=O)C4CC4)sc3c2)ccc1F. The number of phenolic OH excluding ortho intramolecular Hbond substituents is 1. The second-order valence-electron chi connectivity index (χ2n) is 8.05. The van der Waals surface area contributed by atoms with Gasteiger partial charge in [-0.1, -0.05) is 23.5 Å². The quantitative estimate of drug-likeness (QED) is 0.328. The minimum atomic E-state index is -0.592. The summed E-state index contributed by atoms with van der Waals surface area (Å²) in [6, 6.07) is 15.7. The van der Waals surface area contributed by atoms with Crippen molar-refractivity contribution in [1.82, 2.24) is 4.98 Å². The highest BCUT2D eigenvalue weighted by Crippen LogP contribution is 2.34. The summed E-state index contributed by atoms with van der Waals surface area (Å²) in [7, 11) is 0. The molecule has 9 heteroatoms. The van der Waals surface area contributed by atoms with E-state index in [4.69, 9.17) is 4.74 Å². The molecule has 5 rings (SSSR count). The molecule has 1 aliphatic carbocycles. The maximum atomic E-state index is 14.3. The molecule has 1 fully saturated rings. The maximum absolute atomic E-state index is 14.3. The van der Waals surface area contributed by atoms with Crippen LogP contribution in [0.25, 0.3) is 10.2 Å². The third-order valence-electron chi connectivity index (χ3n) is 5.26. The molecule has 1 saturated carbocycles. The van der Waals surface area contributed by atoms with E-state index in [2.05, 4.69) is 15.6 Å². The average molecular weight is 478 g/mol. The predicted molar refractivity (Wildman–Crippen MR) is 128 cm³/mol. The molecule has 1 heterocycles. The summed E-state index contributed by atoms with van der Waals surface area (Å²) in [6.07, 6.45) is 1.83. The topological polar surface area (TPSA) is 101 Å². The Balaban J connectivity index is 1.28. The molecule has 1 aromatic heterocycles. The Morgan fingerprint density at radius 2 is 1.85 bits per heavy atom. The monoisotopic (exact) mass is 477 g/mol. The molecular weight excluding hydrogens is 457 g/mol. The summed E-state index contributed by atoms with van der Waals surface area (Å²) < 4.78 is 21.0. The first kappa shape index (κ1) is 21.8. The molecule has 0 spiro atoms. The van der Waals surface area contributed by atoms with Gasteiger partial charge in [0, 0.05) is 18.1 Å². The van der Waals surface area contributed by atoms with Gasteiger partial charge in [-0.05, 0) is 54.8 Å². The second-order valence-corrected chi connectivity index (χ2v) is 9.08. The largest absolute Gasteiger partial charge is 0.508 e. The van der Waals surface area contributed by atoms with Crippen molar-refractivity contribution in [2.45, 2.75) is 19.3 Å². The number of amides is 2.